The Morgan fingerprint density at radius 2 is 1.38 bits per heavy atom. The van der Waals surface area contributed by atoms with Gasteiger partial charge in [-0.15, -0.1) is 0 Å². The quantitative estimate of drug-likeness (QED) is 0.252. The number of ether oxygens (including phenoxy) is 2. The lowest BCUT2D eigenvalue weighted by Gasteiger charge is -2.21. The van der Waals surface area contributed by atoms with Gasteiger partial charge in [-0.1, -0.05) is 70.2 Å². The van der Waals surface area contributed by atoms with Gasteiger partial charge in [0.15, 0.2) is 11.5 Å². The topological polar surface area (TPSA) is 56.3 Å². The van der Waals surface area contributed by atoms with E-state index in [1.807, 2.05) is 64.5 Å². The second-order valence-electron chi connectivity index (χ2n) is 7.98. The second-order valence-corrected chi connectivity index (χ2v) is 7.98. The van der Waals surface area contributed by atoms with Crippen molar-refractivity contribution in [2.45, 2.75) is 53.0 Å². The minimum absolute atomic E-state index is 0.111. The standard InChI is InChI=1S/C28H29N3O2.2C2H6/c1-20(22-7-5-4-6-8-22)31-28-12-10-24(19-30-28)25(17-21-13-15-29-16-14-21)23-9-11-26(32-2)27(18-23)33-3;2*1-2/h4-16,18-20,25H,17H2,1-3H3,(H,30,31);2*1-2H3. The summed E-state index contributed by atoms with van der Waals surface area (Å²) < 4.78 is 11.0. The Hall–Kier alpha value is -3.86. The number of aromatic nitrogens is 2. The molecule has 2 atom stereocenters. The fourth-order valence-electron chi connectivity index (χ4n) is 4.00. The Kier molecular flexibility index (Phi) is 12.7. The number of anilines is 1. The smallest absolute Gasteiger partial charge is 0.161 e. The normalized spacial score (nSPS) is 11.5. The molecule has 0 aliphatic rings. The molecule has 2 heterocycles. The highest BCUT2D eigenvalue weighted by Crippen LogP contribution is 2.35. The van der Waals surface area contributed by atoms with E-state index in [0.717, 1.165) is 34.9 Å². The van der Waals surface area contributed by atoms with E-state index in [9.17, 15) is 0 Å². The summed E-state index contributed by atoms with van der Waals surface area (Å²) in [6.07, 6.45) is 6.45. The van der Waals surface area contributed by atoms with Crippen LogP contribution in [0, 0.1) is 0 Å². The van der Waals surface area contributed by atoms with Gasteiger partial charge in [-0.2, -0.15) is 0 Å². The third kappa shape index (κ3) is 8.35. The Morgan fingerprint density at radius 3 is 1.97 bits per heavy atom. The molecule has 0 aliphatic heterocycles. The molecule has 0 aliphatic carbocycles. The van der Waals surface area contributed by atoms with Crippen LogP contribution in [0.4, 0.5) is 5.82 Å². The highest BCUT2D eigenvalue weighted by Gasteiger charge is 2.18. The molecule has 0 bridgehead atoms. The van der Waals surface area contributed by atoms with Crippen LogP contribution in [-0.4, -0.2) is 24.2 Å². The first kappa shape index (κ1) is 29.4. The average Bonchev–Trinajstić information content (AvgIpc) is 2.99. The van der Waals surface area contributed by atoms with Crippen molar-refractivity contribution in [2.75, 3.05) is 19.5 Å². The van der Waals surface area contributed by atoms with Gasteiger partial charge in [0.1, 0.15) is 5.82 Å². The zero-order valence-corrected chi connectivity index (χ0v) is 23.2. The Balaban J connectivity index is 0.00000115. The molecule has 0 saturated heterocycles. The molecule has 5 nitrogen and oxygen atoms in total. The maximum absolute atomic E-state index is 5.56. The number of rotatable bonds is 9. The second kappa shape index (κ2) is 16.0. The molecule has 5 heteroatoms. The third-order valence-electron chi connectivity index (χ3n) is 5.85. The van der Waals surface area contributed by atoms with Crippen molar-refractivity contribution in [2.24, 2.45) is 0 Å². The average molecular weight is 500 g/mol. The number of pyridine rings is 2. The highest BCUT2D eigenvalue weighted by atomic mass is 16.5. The van der Waals surface area contributed by atoms with Crippen molar-refractivity contribution in [3.8, 4) is 11.5 Å². The van der Waals surface area contributed by atoms with E-state index in [4.69, 9.17) is 14.5 Å². The lowest BCUT2D eigenvalue weighted by atomic mass is 9.87. The van der Waals surface area contributed by atoms with Gasteiger partial charge < -0.3 is 14.8 Å². The summed E-state index contributed by atoms with van der Waals surface area (Å²) >= 11 is 0. The van der Waals surface area contributed by atoms with Gasteiger partial charge in [0.05, 0.1) is 14.2 Å². The van der Waals surface area contributed by atoms with E-state index >= 15 is 0 Å². The van der Waals surface area contributed by atoms with Gasteiger partial charge >= 0.3 is 0 Å². The number of methoxy groups -OCH3 is 2. The van der Waals surface area contributed by atoms with Crippen LogP contribution in [0.3, 0.4) is 0 Å². The molecule has 0 amide bonds. The van der Waals surface area contributed by atoms with Gasteiger partial charge in [0.25, 0.3) is 0 Å². The first-order chi connectivity index (χ1) is 18.2. The van der Waals surface area contributed by atoms with Crippen molar-refractivity contribution < 1.29 is 9.47 Å². The molecule has 4 rings (SSSR count). The maximum atomic E-state index is 5.56. The predicted octanol–water partition coefficient (Wildman–Crippen LogP) is 8.09. The summed E-state index contributed by atoms with van der Waals surface area (Å²) in [6, 6.07) is 24.9. The molecule has 196 valence electrons. The molecule has 2 unspecified atom stereocenters. The largest absolute Gasteiger partial charge is 0.493 e. The van der Waals surface area contributed by atoms with Gasteiger partial charge in [-0.3, -0.25) is 4.98 Å². The monoisotopic (exact) mass is 499 g/mol. The molecule has 0 saturated carbocycles. The van der Waals surface area contributed by atoms with Crippen LogP contribution < -0.4 is 14.8 Å². The number of benzene rings is 2. The Labute approximate surface area is 222 Å². The van der Waals surface area contributed by atoms with Gasteiger partial charge in [-0.25, -0.2) is 4.98 Å². The number of hydrogen-bond acceptors (Lipinski definition) is 5. The summed E-state index contributed by atoms with van der Waals surface area (Å²) in [5, 5.41) is 3.49. The third-order valence-corrected chi connectivity index (χ3v) is 5.85. The SMILES string of the molecule is CC.CC.COc1ccc(C(Cc2ccncc2)c2ccc(NC(C)c3ccccc3)nc2)cc1OC. The first-order valence-corrected chi connectivity index (χ1v) is 13.1. The van der Waals surface area contributed by atoms with E-state index in [1.54, 1.807) is 14.2 Å². The summed E-state index contributed by atoms with van der Waals surface area (Å²) in [5.41, 5.74) is 4.72. The van der Waals surface area contributed by atoms with Crippen molar-refractivity contribution >= 4 is 5.82 Å². The molecular formula is C32H41N3O2. The zero-order valence-electron chi connectivity index (χ0n) is 23.2. The maximum Gasteiger partial charge on any atom is 0.161 e. The minimum atomic E-state index is 0.111. The van der Waals surface area contributed by atoms with E-state index < -0.39 is 0 Å². The number of nitrogens with one attached hydrogen (secondary N) is 1. The summed E-state index contributed by atoms with van der Waals surface area (Å²) in [5.74, 6) is 2.40. The molecule has 2 aromatic carbocycles. The minimum Gasteiger partial charge on any atom is -0.493 e. The Bertz CT molecular complexity index is 1150. The van der Waals surface area contributed by atoms with Crippen LogP contribution in [-0.2, 0) is 6.42 Å². The van der Waals surface area contributed by atoms with Crippen LogP contribution in [0.15, 0.2) is 91.4 Å². The van der Waals surface area contributed by atoms with Crippen LogP contribution in [0.25, 0.3) is 0 Å². The lowest BCUT2D eigenvalue weighted by molar-refractivity contribution is 0.354. The van der Waals surface area contributed by atoms with Crippen LogP contribution in [0.2, 0.25) is 0 Å². The molecule has 0 spiro atoms. The van der Waals surface area contributed by atoms with E-state index in [2.05, 4.69) is 71.8 Å². The first-order valence-electron chi connectivity index (χ1n) is 13.1. The van der Waals surface area contributed by atoms with Crippen molar-refractivity contribution in [1.82, 2.24) is 9.97 Å². The molecule has 37 heavy (non-hydrogen) atoms. The molecular weight excluding hydrogens is 458 g/mol. The zero-order chi connectivity index (χ0) is 27.0. The lowest BCUT2D eigenvalue weighted by Crippen LogP contribution is -2.09. The highest BCUT2D eigenvalue weighted by molar-refractivity contribution is 5.47. The van der Waals surface area contributed by atoms with Crippen molar-refractivity contribution in [1.29, 1.82) is 0 Å². The van der Waals surface area contributed by atoms with Crippen LogP contribution in [0.5, 0.6) is 11.5 Å². The van der Waals surface area contributed by atoms with E-state index in [-0.39, 0.29) is 12.0 Å². The fourth-order valence-corrected chi connectivity index (χ4v) is 4.00. The summed E-state index contributed by atoms with van der Waals surface area (Å²) in [7, 11) is 3.31. The predicted molar refractivity (Wildman–Crippen MR) is 155 cm³/mol. The van der Waals surface area contributed by atoms with Gasteiger partial charge in [0, 0.05) is 30.6 Å². The number of hydrogen-bond donors (Lipinski definition) is 1. The van der Waals surface area contributed by atoms with Crippen molar-refractivity contribution in [3.63, 3.8) is 0 Å². The molecule has 1 N–H and O–H groups in total. The number of nitrogens with zero attached hydrogens (tertiary/aromatic N) is 2. The van der Waals surface area contributed by atoms with Gasteiger partial charge in [-0.05, 0) is 65.9 Å². The molecule has 0 radical (unpaired) electrons. The van der Waals surface area contributed by atoms with Crippen molar-refractivity contribution in [3.05, 3.63) is 114 Å². The van der Waals surface area contributed by atoms with E-state index in [0.29, 0.717) is 0 Å². The van der Waals surface area contributed by atoms with Gasteiger partial charge in [0.2, 0.25) is 0 Å². The molecule has 2 aromatic heterocycles. The summed E-state index contributed by atoms with van der Waals surface area (Å²) in [4.78, 5) is 8.88. The van der Waals surface area contributed by atoms with Crippen LogP contribution >= 0.6 is 0 Å². The fraction of sp³-hybridized carbons (Fsp3) is 0.312. The van der Waals surface area contributed by atoms with E-state index in [1.165, 1.54) is 11.1 Å². The molecule has 0 fully saturated rings. The Morgan fingerprint density at radius 1 is 0.730 bits per heavy atom. The molecule has 4 aromatic rings. The summed E-state index contributed by atoms with van der Waals surface area (Å²) in [6.45, 7) is 10.1. The van der Waals surface area contributed by atoms with Crippen LogP contribution in [0.1, 0.15) is 68.8 Å².